The Balaban J connectivity index is 1.92. The number of epoxide rings is 1. The molecule has 1 fully saturated rings. The number of fused-ring (bicyclic) bond motifs is 2. The van der Waals surface area contributed by atoms with Crippen LogP contribution in [0.3, 0.4) is 0 Å². The Morgan fingerprint density at radius 1 is 1.16 bits per heavy atom. The summed E-state index contributed by atoms with van der Waals surface area (Å²) < 4.78 is 5.62. The third kappa shape index (κ3) is 1.36. The largest absolute Gasteiger partial charge is 0.369 e. The molecule has 0 saturated carbocycles. The van der Waals surface area contributed by atoms with Crippen LogP contribution < -0.4 is 0 Å². The zero-order valence-electron chi connectivity index (χ0n) is 10.7. The molecular formula is C16H14O3. The number of rotatable bonds is 1. The van der Waals surface area contributed by atoms with Gasteiger partial charge in [0.1, 0.15) is 0 Å². The minimum Gasteiger partial charge on any atom is -0.369 e. The summed E-state index contributed by atoms with van der Waals surface area (Å²) in [5, 5.41) is 0. The van der Waals surface area contributed by atoms with E-state index in [1.807, 2.05) is 12.1 Å². The van der Waals surface area contributed by atoms with Crippen molar-refractivity contribution in [2.45, 2.75) is 32.0 Å². The minimum atomic E-state index is 0.0256. The van der Waals surface area contributed by atoms with Crippen molar-refractivity contribution in [3.8, 4) is 0 Å². The monoisotopic (exact) mass is 254 g/mol. The number of ether oxygens (including phenoxy) is 1. The van der Waals surface area contributed by atoms with Crippen LogP contribution in [0, 0.1) is 5.92 Å². The van der Waals surface area contributed by atoms with Crippen molar-refractivity contribution in [3.63, 3.8) is 0 Å². The first-order chi connectivity index (χ1) is 9.22. The maximum Gasteiger partial charge on any atom is 0.190 e. The van der Waals surface area contributed by atoms with Crippen LogP contribution in [0.2, 0.25) is 0 Å². The van der Waals surface area contributed by atoms with Gasteiger partial charge in [0.25, 0.3) is 0 Å². The van der Waals surface area contributed by atoms with Crippen molar-refractivity contribution >= 4 is 11.6 Å². The standard InChI is InChI=1S/C16H14O3/c1-2-8-13-11(7-12-16(8)19-12)14(17)9-5-3-4-6-10(9)15(13)18/h3-6,8,12,16H,2,7H2,1H3. The molecule has 0 N–H and O–H groups in total. The molecule has 0 spiro atoms. The van der Waals surface area contributed by atoms with Crippen molar-refractivity contribution in [2.24, 2.45) is 5.92 Å². The third-order valence-corrected chi connectivity index (χ3v) is 4.49. The van der Waals surface area contributed by atoms with E-state index in [-0.39, 0.29) is 29.7 Å². The second kappa shape index (κ2) is 3.64. The van der Waals surface area contributed by atoms with E-state index in [0.717, 1.165) is 12.0 Å². The molecule has 19 heavy (non-hydrogen) atoms. The number of carbonyl (C=O) groups excluding carboxylic acids is 2. The second-order valence-electron chi connectivity index (χ2n) is 5.45. The highest BCUT2D eigenvalue weighted by atomic mass is 16.6. The molecule has 1 aromatic rings. The maximum absolute atomic E-state index is 12.7. The van der Waals surface area contributed by atoms with E-state index in [4.69, 9.17) is 4.74 Å². The highest BCUT2D eigenvalue weighted by Gasteiger charge is 2.53. The molecule has 3 atom stereocenters. The molecule has 2 aliphatic carbocycles. The number of carbonyl (C=O) groups is 2. The molecule has 4 rings (SSSR count). The molecular weight excluding hydrogens is 240 g/mol. The van der Waals surface area contributed by atoms with Crippen LogP contribution in [0.1, 0.15) is 40.5 Å². The predicted octanol–water partition coefficient (Wildman–Crippen LogP) is 2.56. The summed E-state index contributed by atoms with van der Waals surface area (Å²) in [5.74, 6) is 0.155. The zero-order chi connectivity index (χ0) is 13.1. The number of hydrogen-bond acceptors (Lipinski definition) is 3. The van der Waals surface area contributed by atoms with E-state index in [1.54, 1.807) is 12.1 Å². The van der Waals surface area contributed by atoms with Crippen LogP contribution in [0.25, 0.3) is 0 Å². The van der Waals surface area contributed by atoms with Crippen LogP contribution in [0.5, 0.6) is 0 Å². The van der Waals surface area contributed by atoms with Gasteiger partial charge in [0.15, 0.2) is 11.6 Å². The van der Waals surface area contributed by atoms with E-state index in [0.29, 0.717) is 23.1 Å². The van der Waals surface area contributed by atoms with Crippen molar-refractivity contribution in [1.29, 1.82) is 0 Å². The molecule has 3 aliphatic rings. The highest BCUT2D eigenvalue weighted by Crippen LogP contribution is 2.48. The molecule has 3 nitrogen and oxygen atoms in total. The number of benzene rings is 1. The van der Waals surface area contributed by atoms with Gasteiger partial charge in [0, 0.05) is 34.6 Å². The van der Waals surface area contributed by atoms with Gasteiger partial charge >= 0.3 is 0 Å². The quantitative estimate of drug-likeness (QED) is 0.723. The fourth-order valence-electron chi connectivity index (χ4n) is 3.52. The average molecular weight is 254 g/mol. The van der Waals surface area contributed by atoms with E-state index in [1.165, 1.54) is 0 Å². The smallest absolute Gasteiger partial charge is 0.190 e. The second-order valence-corrected chi connectivity index (χ2v) is 5.45. The molecule has 0 aromatic heterocycles. The van der Waals surface area contributed by atoms with Crippen molar-refractivity contribution < 1.29 is 14.3 Å². The zero-order valence-corrected chi connectivity index (χ0v) is 10.7. The molecule has 0 radical (unpaired) electrons. The van der Waals surface area contributed by atoms with Gasteiger partial charge in [-0.05, 0) is 6.42 Å². The molecule has 1 aromatic carbocycles. The van der Waals surface area contributed by atoms with Gasteiger partial charge in [-0.2, -0.15) is 0 Å². The summed E-state index contributed by atoms with van der Waals surface area (Å²) in [5.41, 5.74) is 2.54. The lowest BCUT2D eigenvalue weighted by molar-refractivity contribution is 0.0957. The average Bonchev–Trinajstić information content (AvgIpc) is 3.21. The van der Waals surface area contributed by atoms with Gasteiger partial charge in [-0.1, -0.05) is 31.2 Å². The fourth-order valence-corrected chi connectivity index (χ4v) is 3.52. The van der Waals surface area contributed by atoms with E-state index < -0.39 is 0 Å². The van der Waals surface area contributed by atoms with E-state index in [2.05, 4.69) is 6.92 Å². The van der Waals surface area contributed by atoms with Gasteiger partial charge < -0.3 is 4.74 Å². The number of hydrogen-bond donors (Lipinski definition) is 0. The molecule has 1 aliphatic heterocycles. The summed E-state index contributed by atoms with van der Waals surface area (Å²) in [7, 11) is 0. The van der Waals surface area contributed by atoms with Crippen LogP contribution in [-0.4, -0.2) is 23.8 Å². The first kappa shape index (κ1) is 11.1. The molecule has 1 saturated heterocycles. The van der Waals surface area contributed by atoms with Crippen molar-refractivity contribution in [3.05, 3.63) is 46.5 Å². The summed E-state index contributed by atoms with van der Waals surface area (Å²) in [4.78, 5) is 25.2. The lowest BCUT2D eigenvalue weighted by Crippen LogP contribution is -2.32. The van der Waals surface area contributed by atoms with Crippen molar-refractivity contribution in [2.75, 3.05) is 0 Å². The topological polar surface area (TPSA) is 46.7 Å². The van der Waals surface area contributed by atoms with Crippen LogP contribution in [-0.2, 0) is 4.74 Å². The third-order valence-electron chi connectivity index (χ3n) is 4.49. The normalized spacial score (nSPS) is 31.7. The van der Waals surface area contributed by atoms with Gasteiger partial charge in [-0.15, -0.1) is 0 Å². The van der Waals surface area contributed by atoms with Crippen LogP contribution in [0.4, 0.5) is 0 Å². The Morgan fingerprint density at radius 3 is 2.53 bits per heavy atom. The first-order valence-electron chi connectivity index (χ1n) is 6.79. The molecule has 0 bridgehead atoms. The van der Waals surface area contributed by atoms with Crippen LogP contribution in [0.15, 0.2) is 35.4 Å². The SMILES string of the molecule is CCC1C2=C(CC3OC31)C(=O)c1ccccc1C2=O. The van der Waals surface area contributed by atoms with Gasteiger partial charge in [0.05, 0.1) is 12.2 Å². The summed E-state index contributed by atoms with van der Waals surface area (Å²) >= 11 is 0. The van der Waals surface area contributed by atoms with E-state index >= 15 is 0 Å². The molecule has 3 heteroatoms. The summed E-state index contributed by atoms with van der Waals surface area (Å²) in [6, 6.07) is 7.13. The Labute approximate surface area is 111 Å². The Bertz CT molecular complexity index is 641. The molecule has 3 unspecified atom stereocenters. The summed E-state index contributed by atoms with van der Waals surface area (Å²) in [6.45, 7) is 2.05. The Morgan fingerprint density at radius 2 is 1.84 bits per heavy atom. The predicted molar refractivity (Wildman–Crippen MR) is 69.2 cm³/mol. The summed E-state index contributed by atoms with van der Waals surface area (Å²) in [6.07, 6.45) is 1.77. The molecule has 1 heterocycles. The molecule has 96 valence electrons. The minimum absolute atomic E-state index is 0.0256. The fraction of sp³-hybridized carbons (Fsp3) is 0.375. The first-order valence-corrected chi connectivity index (χ1v) is 6.79. The highest BCUT2D eigenvalue weighted by molar-refractivity contribution is 6.27. The van der Waals surface area contributed by atoms with Gasteiger partial charge in [-0.25, -0.2) is 0 Å². The Hall–Kier alpha value is -1.74. The van der Waals surface area contributed by atoms with Gasteiger partial charge in [-0.3, -0.25) is 9.59 Å². The lowest BCUT2D eigenvalue weighted by atomic mass is 9.72. The van der Waals surface area contributed by atoms with E-state index in [9.17, 15) is 9.59 Å². The molecule has 0 amide bonds. The maximum atomic E-state index is 12.7. The van der Waals surface area contributed by atoms with Crippen molar-refractivity contribution in [1.82, 2.24) is 0 Å². The number of ketones is 2. The number of Topliss-reactive ketones (excluding diaryl/α,β-unsaturated/α-hetero) is 2. The van der Waals surface area contributed by atoms with Gasteiger partial charge in [0.2, 0.25) is 0 Å². The Kier molecular flexibility index (Phi) is 2.13. The van der Waals surface area contributed by atoms with Crippen LogP contribution >= 0.6 is 0 Å². The lowest BCUT2D eigenvalue weighted by Gasteiger charge is -2.28.